The fourth-order valence-electron chi connectivity index (χ4n) is 2.01. The van der Waals surface area contributed by atoms with Crippen LogP contribution >= 0.6 is 0 Å². The molecule has 0 radical (unpaired) electrons. The highest BCUT2D eigenvalue weighted by Gasteiger charge is 2.39. The number of unbranched alkanes of at least 4 members (excludes halogenated alkanes) is 3. The predicted octanol–water partition coefficient (Wildman–Crippen LogP) is 0.621. The zero-order valence-electron chi connectivity index (χ0n) is 11.6. The van der Waals surface area contributed by atoms with Crippen molar-refractivity contribution in [2.75, 3.05) is 19.8 Å². The molecule has 1 saturated heterocycles. The number of rotatable bonds is 9. The van der Waals surface area contributed by atoms with Crippen molar-refractivity contribution in [1.82, 2.24) is 0 Å². The first-order valence-corrected chi connectivity index (χ1v) is 7.05. The van der Waals surface area contributed by atoms with Gasteiger partial charge in [0.2, 0.25) is 0 Å². The van der Waals surface area contributed by atoms with Crippen molar-refractivity contribution in [3.05, 3.63) is 12.2 Å². The van der Waals surface area contributed by atoms with E-state index in [2.05, 4.69) is 13.0 Å². The zero-order chi connectivity index (χ0) is 14.1. The van der Waals surface area contributed by atoms with Crippen LogP contribution in [0.3, 0.4) is 0 Å². The minimum atomic E-state index is -1.04. The summed E-state index contributed by atoms with van der Waals surface area (Å²) in [6, 6.07) is 0. The molecule has 1 aliphatic rings. The molecular formula is C14H26O5. The van der Waals surface area contributed by atoms with Gasteiger partial charge in [0.15, 0.2) is 0 Å². The number of ether oxygens (including phenoxy) is 2. The number of hydrogen-bond donors (Lipinski definition) is 3. The molecule has 1 heterocycles. The summed E-state index contributed by atoms with van der Waals surface area (Å²) >= 11 is 0. The Morgan fingerprint density at radius 2 is 2.11 bits per heavy atom. The van der Waals surface area contributed by atoms with E-state index in [-0.39, 0.29) is 13.2 Å². The van der Waals surface area contributed by atoms with Crippen molar-refractivity contribution in [3.8, 4) is 0 Å². The Balaban J connectivity index is 2.06. The molecule has 5 nitrogen and oxygen atoms in total. The summed E-state index contributed by atoms with van der Waals surface area (Å²) in [6.07, 6.45) is 5.07. The van der Waals surface area contributed by atoms with E-state index in [4.69, 9.17) is 9.47 Å². The molecule has 1 aliphatic heterocycles. The molecule has 3 N–H and O–H groups in total. The summed E-state index contributed by atoms with van der Waals surface area (Å²) in [5.74, 6) is 0. The van der Waals surface area contributed by atoms with Gasteiger partial charge in [-0.3, -0.25) is 0 Å². The number of aliphatic hydroxyl groups is 3. The standard InChI is InChI=1S/C14H26O5/c1-2-3-4-5-6-7-8-18-9-12(16)14-13(17)11(15)10-19-14/h6-7,11-17H,2-5,8-10H2,1H3/b7-6+/t11-,12+,13+,14+/m0/s1. The Kier molecular flexibility index (Phi) is 8.25. The molecule has 5 heteroatoms. The third-order valence-electron chi connectivity index (χ3n) is 3.21. The van der Waals surface area contributed by atoms with Crippen LogP contribution in [0.5, 0.6) is 0 Å². The molecule has 0 aromatic carbocycles. The van der Waals surface area contributed by atoms with Gasteiger partial charge in [0.1, 0.15) is 24.4 Å². The first-order valence-electron chi connectivity index (χ1n) is 7.05. The fourth-order valence-corrected chi connectivity index (χ4v) is 2.01. The van der Waals surface area contributed by atoms with Crippen LogP contribution in [0.2, 0.25) is 0 Å². The van der Waals surface area contributed by atoms with E-state index in [1.165, 1.54) is 19.3 Å². The van der Waals surface area contributed by atoms with Crippen molar-refractivity contribution in [1.29, 1.82) is 0 Å². The Bertz CT molecular complexity index is 256. The van der Waals surface area contributed by atoms with Gasteiger partial charge in [-0.05, 0) is 12.8 Å². The van der Waals surface area contributed by atoms with Gasteiger partial charge in [-0.1, -0.05) is 31.9 Å². The minimum Gasteiger partial charge on any atom is -0.388 e. The third-order valence-corrected chi connectivity index (χ3v) is 3.21. The second-order valence-electron chi connectivity index (χ2n) is 4.93. The summed E-state index contributed by atoms with van der Waals surface area (Å²) in [5.41, 5.74) is 0. The lowest BCUT2D eigenvalue weighted by atomic mass is 10.1. The largest absolute Gasteiger partial charge is 0.388 e. The summed E-state index contributed by atoms with van der Waals surface area (Å²) < 4.78 is 10.4. The SMILES string of the molecule is CCCCC/C=C/COC[C@@H](O)[C@H]1OC[C@H](O)[C@H]1O. The monoisotopic (exact) mass is 274 g/mol. The summed E-state index contributed by atoms with van der Waals surface area (Å²) in [7, 11) is 0. The maximum atomic E-state index is 9.76. The predicted molar refractivity (Wildman–Crippen MR) is 71.9 cm³/mol. The van der Waals surface area contributed by atoms with Gasteiger partial charge in [0.05, 0.1) is 19.8 Å². The highest BCUT2D eigenvalue weighted by molar-refractivity contribution is 4.88. The summed E-state index contributed by atoms with van der Waals surface area (Å²) in [6.45, 7) is 2.76. The van der Waals surface area contributed by atoms with Crippen LogP contribution in [-0.4, -0.2) is 59.6 Å². The first-order chi connectivity index (χ1) is 9.16. The lowest BCUT2D eigenvalue weighted by Gasteiger charge is -2.20. The Morgan fingerprint density at radius 3 is 2.74 bits per heavy atom. The normalized spacial score (nSPS) is 29.2. The number of allylic oxidation sites excluding steroid dienone is 1. The van der Waals surface area contributed by atoms with E-state index in [1.54, 1.807) is 0 Å². The molecule has 0 aromatic rings. The third kappa shape index (κ3) is 6.01. The number of hydrogen-bond acceptors (Lipinski definition) is 5. The van der Waals surface area contributed by atoms with Gasteiger partial charge in [-0.2, -0.15) is 0 Å². The van der Waals surface area contributed by atoms with Crippen LogP contribution in [0.1, 0.15) is 32.6 Å². The van der Waals surface area contributed by atoms with Crippen LogP contribution in [0, 0.1) is 0 Å². The van der Waals surface area contributed by atoms with Crippen molar-refractivity contribution >= 4 is 0 Å². The second kappa shape index (κ2) is 9.44. The molecule has 0 aromatic heterocycles. The molecular weight excluding hydrogens is 248 g/mol. The van der Waals surface area contributed by atoms with E-state index in [0.717, 1.165) is 6.42 Å². The van der Waals surface area contributed by atoms with Crippen molar-refractivity contribution in [3.63, 3.8) is 0 Å². The molecule has 1 rings (SSSR count). The second-order valence-corrected chi connectivity index (χ2v) is 4.93. The van der Waals surface area contributed by atoms with E-state index in [0.29, 0.717) is 6.61 Å². The Hall–Kier alpha value is -0.460. The molecule has 0 amide bonds. The van der Waals surface area contributed by atoms with Gasteiger partial charge < -0.3 is 24.8 Å². The van der Waals surface area contributed by atoms with Gasteiger partial charge in [0.25, 0.3) is 0 Å². The topological polar surface area (TPSA) is 79.2 Å². The zero-order valence-corrected chi connectivity index (χ0v) is 11.6. The molecule has 112 valence electrons. The van der Waals surface area contributed by atoms with Crippen molar-refractivity contribution in [2.24, 2.45) is 0 Å². The van der Waals surface area contributed by atoms with Crippen LogP contribution < -0.4 is 0 Å². The lowest BCUT2D eigenvalue weighted by Crippen LogP contribution is -2.40. The van der Waals surface area contributed by atoms with Crippen LogP contribution in [-0.2, 0) is 9.47 Å². The maximum Gasteiger partial charge on any atom is 0.114 e. The molecule has 0 unspecified atom stereocenters. The summed E-state index contributed by atoms with van der Waals surface area (Å²) in [5, 5.41) is 28.6. The van der Waals surface area contributed by atoms with Crippen LogP contribution in [0.25, 0.3) is 0 Å². The van der Waals surface area contributed by atoms with Crippen LogP contribution in [0.15, 0.2) is 12.2 Å². The smallest absolute Gasteiger partial charge is 0.114 e. The first kappa shape index (κ1) is 16.6. The van der Waals surface area contributed by atoms with Gasteiger partial charge in [0, 0.05) is 0 Å². The average molecular weight is 274 g/mol. The molecule has 4 atom stereocenters. The molecule has 19 heavy (non-hydrogen) atoms. The van der Waals surface area contributed by atoms with E-state index in [9.17, 15) is 15.3 Å². The quantitative estimate of drug-likeness (QED) is 0.424. The van der Waals surface area contributed by atoms with E-state index in [1.807, 2.05) is 6.08 Å². The van der Waals surface area contributed by atoms with Gasteiger partial charge >= 0.3 is 0 Å². The Labute approximate surface area is 114 Å². The van der Waals surface area contributed by atoms with Gasteiger partial charge in [-0.25, -0.2) is 0 Å². The summed E-state index contributed by atoms with van der Waals surface area (Å²) in [4.78, 5) is 0. The molecule has 0 spiro atoms. The maximum absolute atomic E-state index is 9.76. The van der Waals surface area contributed by atoms with E-state index < -0.39 is 24.4 Å². The highest BCUT2D eigenvalue weighted by atomic mass is 16.5. The van der Waals surface area contributed by atoms with Crippen molar-refractivity contribution < 1.29 is 24.8 Å². The van der Waals surface area contributed by atoms with Gasteiger partial charge in [-0.15, -0.1) is 0 Å². The lowest BCUT2D eigenvalue weighted by molar-refractivity contribution is -0.0782. The molecule has 0 aliphatic carbocycles. The van der Waals surface area contributed by atoms with E-state index >= 15 is 0 Å². The number of aliphatic hydroxyl groups excluding tert-OH is 3. The molecule has 0 saturated carbocycles. The molecule has 1 fully saturated rings. The minimum absolute atomic E-state index is 0.0558. The average Bonchev–Trinajstić information content (AvgIpc) is 2.73. The Morgan fingerprint density at radius 1 is 1.32 bits per heavy atom. The molecule has 0 bridgehead atoms. The van der Waals surface area contributed by atoms with Crippen LogP contribution in [0.4, 0.5) is 0 Å². The van der Waals surface area contributed by atoms with Crippen molar-refractivity contribution in [2.45, 2.75) is 57.0 Å². The fraction of sp³-hybridized carbons (Fsp3) is 0.857. The highest BCUT2D eigenvalue weighted by Crippen LogP contribution is 2.17.